The minimum atomic E-state index is -1.37. The predicted octanol–water partition coefficient (Wildman–Crippen LogP) is 0.701. The van der Waals surface area contributed by atoms with Crippen LogP contribution in [0.15, 0.2) is 30.3 Å². The van der Waals surface area contributed by atoms with Crippen LogP contribution in [-0.4, -0.2) is 56.5 Å². The molecule has 2 aromatic rings. The van der Waals surface area contributed by atoms with Gasteiger partial charge in [0, 0.05) is 30.2 Å². The zero-order valence-corrected chi connectivity index (χ0v) is 17.0. The van der Waals surface area contributed by atoms with Gasteiger partial charge in [-0.25, -0.2) is 0 Å². The van der Waals surface area contributed by atoms with Crippen molar-refractivity contribution in [2.45, 2.75) is 6.42 Å². The molecule has 10 nitrogen and oxygen atoms in total. The van der Waals surface area contributed by atoms with Crippen LogP contribution in [0.3, 0.4) is 0 Å². The number of benzene rings is 2. The van der Waals surface area contributed by atoms with Gasteiger partial charge < -0.3 is 29.4 Å². The second kappa shape index (κ2) is 8.74. The topological polar surface area (TPSA) is 134 Å². The van der Waals surface area contributed by atoms with Crippen molar-refractivity contribution >= 4 is 29.4 Å². The number of carbonyl (C=O) groups is 4. The van der Waals surface area contributed by atoms with Crippen molar-refractivity contribution in [3.05, 3.63) is 47.0 Å². The first-order valence-electron chi connectivity index (χ1n) is 9.12. The fourth-order valence-electron chi connectivity index (χ4n) is 3.19. The predicted molar refractivity (Wildman–Crippen MR) is 105 cm³/mol. The van der Waals surface area contributed by atoms with Gasteiger partial charge in [0.25, 0.3) is 17.7 Å². The third-order valence-electron chi connectivity index (χ3n) is 4.70. The van der Waals surface area contributed by atoms with Crippen LogP contribution < -0.4 is 24.6 Å². The number of aliphatic carboxylic acids is 1. The second-order valence-corrected chi connectivity index (χ2v) is 6.51. The Balaban J connectivity index is 1.84. The number of methoxy groups -OCH3 is 3. The zero-order valence-electron chi connectivity index (χ0n) is 17.0. The highest BCUT2D eigenvalue weighted by Crippen LogP contribution is 2.38. The van der Waals surface area contributed by atoms with Crippen molar-refractivity contribution < 1.29 is 38.5 Å². The molecule has 0 aliphatic carbocycles. The molecule has 162 valence electrons. The van der Waals surface area contributed by atoms with E-state index < -0.39 is 30.1 Å². The van der Waals surface area contributed by atoms with Crippen LogP contribution in [-0.2, 0) is 4.79 Å². The minimum Gasteiger partial charge on any atom is -0.550 e. The molecule has 0 aromatic heterocycles. The van der Waals surface area contributed by atoms with E-state index in [-0.39, 0.29) is 28.9 Å². The lowest BCUT2D eigenvalue weighted by molar-refractivity contribution is -0.305. The molecule has 0 spiro atoms. The Morgan fingerprint density at radius 2 is 1.55 bits per heavy atom. The number of anilines is 1. The van der Waals surface area contributed by atoms with Crippen molar-refractivity contribution in [3.63, 3.8) is 0 Å². The van der Waals surface area contributed by atoms with E-state index in [1.165, 1.54) is 51.7 Å². The fraction of sp³-hybridized carbons (Fsp3) is 0.238. The summed E-state index contributed by atoms with van der Waals surface area (Å²) >= 11 is 0. The molecule has 10 heteroatoms. The third kappa shape index (κ3) is 4.13. The lowest BCUT2D eigenvalue weighted by Crippen LogP contribution is -2.34. The quantitative estimate of drug-likeness (QED) is 0.609. The molecule has 31 heavy (non-hydrogen) atoms. The summed E-state index contributed by atoms with van der Waals surface area (Å²) in [6.45, 7) is -0.290. The van der Waals surface area contributed by atoms with Gasteiger partial charge >= 0.3 is 0 Å². The number of imide groups is 1. The van der Waals surface area contributed by atoms with Gasteiger partial charge in [-0.3, -0.25) is 19.3 Å². The van der Waals surface area contributed by atoms with E-state index in [0.717, 1.165) is 4.90 Å². The van der Waals surface area contributed by atoms with Gasteiger partial charge in [0.15, 0.2) is 11.5 Å². The summed E-state index contributed by atoms with van der Waals surface area (Å²) in [6.07, 6.45) is -0.462. The monoisotopic (exact) mass is 427 g/mol. The number of hydrogen-bond acceptors (Lipinski definition) is 8. The van der Waals surface area contributed by atoms with E-state index in [1.54, 1.807) is 0 Å². The van der Waals surface area contributed by atoms with E-state index in [2.05, 4.69) is 5.32 Å². The molecule has 0 fully saturated rings. The molecule has 3 rings (SSSR count). The summed E-state index contributed by atoms with van der Waals surface area (Å²) in [6, 6.07) is 7.19. The molecule has 0 atom stereocenters. The van der Waals surface area contributed by atoms with Crippen molar-refractivity contribution in [2.75, 3.05) is 33.2 Å². The normalized spacial score (nSPS) is 12.4. The highest BCUT2D eigenvalue weighted by atomic mass is 16.5. The van der Waals surface area contributed by atoms with Crippen LogP contribution in [0.5, 0.6) is 17.2 Å². The standard InChI is InChI=1S/C21H20N2O8/c1-29-15-8-11(9-16(30-2)18(15)31-3)19(26)22-12-4-5-13-14(10-12)21(28)23(20(13)27)7-6-17(24)25/h4-5,8-10H,6-7H2,1-3H3,(H,22,26)(H,24,25)/p-1. The van der Waals surface area contributed by atoms with E-state index in [1.807, 2.05) is 0 Å². The maximum atomic E-state index is 12.7. The Morgan fingerprint density at radius 3 is 2.10 bits per heavy atom. The Kier molecular flexibility index (Phi) is 6.10. The van der Waals surface area contributed by atoms with Crippen molar-refractivity contribution in [1.82, 2.24) is 4.90 Å². The lowest BCUT2D eigenvalue weighted by atomic mass is 10.1. The lowest BCUT2D eigenvalue weighted by Gasteiger charge is -2.14. The van der Waals surface area contributed by atoms with Gasteiger partial charge in [0.05, 0.1) is 32.5 Å². The molecule has 0 bridgehead atoms. The molecule has 0 unspecified atom stereocenters. The highest BCUT2D eigenvalue weighted by molar-refractivity contribution is 6.22. The summed E-state index contributed by atoms with van der Waals surface area (Å²) in [5.74, 6) is -2.18. The number of fused-ring (bicyclic) bond motifs is 1. The zero-order chi connectivity index (χ0) is 22.7. The Morgan fingerprint density at radius 1 is 0.935 bits per heavy atom. The minimum absolute atomic E-state index is 0.0750. The number of nitrogens with one attached hydrogen (secondary N) is 1. The van der Waals surface area contributed by atoms with Gasteiger partial charge in [0.1, 0.15) is 0 Å². The number of ether oxygens (including phenoxy) is 3. The molecule has 1 heterocycles. The van der Waals surface area contributed by atoms with Crippen LogP contribution >= 0.6 is 0 Å². The van der Waals surface area contributed by atoms with Gasteiger partial charge in [-0.05, 0) is 30.3 Å². The third-order valence-corrected chi connectivity index (χ3v) is 4.70. The van der Waals surface area contributed by atoms with Crippen LogP contribution in [0.4, 0.5) is 5.69 Å². The van der Waals surface area contributed by atoms with Gasteiger partial charge in [-0.2, -0.15) is 0 Å². The van der Waals surface area contributed by atoms with Gasteiger partial charge in [-0.15, -0.1) is 0 Å². The molecule has 0 saturated carbocycles. The second-order valence-electron chi connectivity index (χ2n) is 6.51. The van der Waals surface area contributed by atoms with Crippen molar-refractivity contribution in [2.24, 2.45) is 0 Å². The van der Waals surface area contributed by atoms with E-state index in [0.29, 0.717) is 17.2 Å². The van der Waals surface area contributed by atoms with Crippen LogP contribution in [0.25, 0.3) is 0 Å². The number of rotatable bonds is 8. The summed E-state index contributed by atoms with van der Waals surface area (Å²) < 4.78 is 15.7. The Bertz CT molecular complexity index is 1050. The number of amides is 3. The Labute approximate surface area is 177 Å². The van der Waals surface area contributed by atoms with Crippen LogP contribution in [0.2, 0.25) is 0 Å². The maximum absolute atomic E-state index is 12.7. The first-order valence-corrected chi connectivity index (χ1v) is 9.12. The smallest absolute Gasteiger partial charge is 0.261 e. The summed E-state index contributed by atoms with van der Waals surface area (Å²) in [7, 11) is 4.29. The first-order chi connectivity index (χ1) is 14.8. The molecule has 2 aromatic carbocycles. The first kappa shape index (κ1) is 21.6. The average molecular weight is 427 g/mol. The van der Waals surface area contributed by atoms with Gasteiger partial charge in [-0.1, -0.05) is 0 Å². The molecule has 1 aliphatic heterocycles. The molecular formula is C21H19N2O8-. The average Bonchev–Trinajstić information content (AvgIpc) is 3.00. The van der Waals surface area contributed by atoms with E-state index >= 15 is 0 Å². The number of carboxylic acids is 1. The SMILES string of the molecule is COc1cc(C(=O)Nc2ccc3c(c2)C(=O)N(CCC(=O)[O-])C3=O)cc(OC)c1OC. The number of carboxylic acid groups (broad SMARTS) is 1. The number of hydrogen-bond donors (Lipinski definition) is 1. The maximum Gasteiger partial charge on any atom is 0.261 e. The largest absolute Gasteiger partial charge is 0.550 e. The number of nitrogens with zero attached hydrogens (tertiary/aromatic N) is 1. The molecule has 3 amide bonds. The Hall–Kier alpha value is -4.08. The van der Waals surface area contributed by atoms with E-state index in [4.69, 9.17) is 14.2 Å². The van der Waals surface area contributed by atoms with Crippen molar-refractivity contribution in [3.8, 4) is 17.2 Å². The van der Waals surface area contributed by atoms with Gasteiger partial charge in [0.2, 0.25) is 5.75 Å². The summed E-state index contributed by atoms with van der Waals surface area (Å²) in [5.41, 5.74) is 0.702. The van der Waals surface area contributed by atoms with Crippen molar-refractivity contribution in [1.29, 1.82) is 0 Å². The van der Waals surface area contributed by atoms with Crippen LogP contribution in [0, 0.1) is 0 Å². The molecule has 1 aliphatic rings. The molecule has 0 saturated heterocycles. The fourth-order valence-corrected chi connectivity index (χ4v) is 3.19. The highest BCUT2D eigenvalue weighted by Gasteiger charge is 2.35. The molecular weight excluding hydrogens is 408 g/mol. The molecule has 1 N–H and O–H groups in total. The van der Waals surface area contributed by atoms with E-state index in [9.17, 15) is 24.3 Å². The summed E-state index contributed by atoms with van der Waals surface area (Å²) in [5, 5.41) is 13.3. The summed E-state index contributed by atoms with van der Waals surface area (Å²) in [4.78, 5) is 49.1. The number of carbonyl (C=O) groups excluding carboxylic acids is 4. The van der Waals surface area contributed by atoms with Crippen LogP contribution in [0.1, 0.15) is 37.5 Å². The molecule has 0 radical (unpaired) electrons.